The van der Waals surface area contributed by atoms with Crippen molar-refractivity contribution in [3.05, 3.63) is 77.7 Å². The molecule has 0 bridgehead atoms. The van der Waals surface area contributed by atoms with Crippen LogP contribution >= 0.6 is 0 Å². The maximum atomic E-state index is 12.7. The summed E-state index contributed by atoms with van der Waals surface area (Å²) in [5.41, 5.74) is 4.21. The number of nitrogens with zero attached hydrogens (tertiary/aromatic N) is 3. The number of aromatic nitrogens is 1. The fourth-order valence-electron chi connectivity index (χ4n) is 3.57. The van der Waals surface area contributed by atoms with Crippen LogP contribution in [0.15, 0.2) is 70.3 Å². The first-order valence-electron chi connectivity index (χ1n) is 10.6. The van der Waals surface area contributed by atoms with E-state index >= 15 is 0 Å². The third kappa shape index (κ3) is 5.31. The second-order valence-electron chi connectivity index (χ2n) is 7.39. The van der Waals surface area contributed by atoms with Crippen LogP contribution < -0.4 is 10.6 Å². The summed E-state index contributed by atoms with van der Waals surface area (Å²) in [6.07, 6.45) is 2.51. The second kappa shape index (κ2) is 9.93. The first-order chi connectivity index (χ1) is 15.2. The highest BCUT2D eigenvalue weighted by atomic mass is 16.3. The summed E-state index contributed by atoms with van der Waals surface area (Å²) in [5, 5.41) is 6.31. The van der Waals surface area contributed by atoms with Gasteiger partial charge in [0.2, 0.25) is 11.8 Å². The van der Waals surface area contributed by atoms with Gasteiger partial charge in [0.15, 0.2) is 5.96 Å². The molecule has 0 unspecified atom stereocenters. The highest BCUT2D eigenvalue weighted by Crippen LogP contribution is 2.19. The van der Waals surface area contributed by atoms with E-state index < -0.39 is 0 Å². The first kappa shape index (κ1) is 20.7. The monoisotopic (exact) mass is 417 g/mol. The third-order valence-electron chi connectivity index (χ3n) is 5.21. The molecule has 3 aromatic rings. The van der Waals surface area contributed by atoms with E-state index in [-0.39, 0.29) is 12.5 Å². The molecular formula is C24H27N5O2. The summed E-state index contributed by atoms with van der Waals surface area (Å²) in [4.78, 5) is 23.6. The van der Waals surface area contributed by atoms with Crippen LogP contribution in [-0.4, -0.2) is 41.4 Å². The van der Waals surface area contributed by atoms with Crippen molar-refractivity contribution in [2.75, 3.05) is 19.6 Å². The number of aliphatic imine (C=N–C) groups is 1. The average molecular weight is 418 g/mol. The lowest BCUT2D eigenvalue weighted by Crippen LogP contribution is -2.45. The number of hydrogen-bond acceptors (Lipinski definition) is 4. The molecular weight excluding hydrogens is 390 g/mol. The van der Waals surface area contributed by atoms with Crippen LogP contribution in [0.2, 0.25) is 0 Å². The minimum absolute atomic E-state index is 0.0629. The number of guanidine groups is 1. The summed E-state index contributed by atoms with van der Waals surface area (Å²) >= 11 is 0. The van der Waals surface area contributed by atoms with Crippen LogP contribution in [0.3, 0.4) is 0 Å². The Morgan fingerprint density at radius 2 is 1.87 bits per heavy atom. The SMILES string of the molecule is CCNC(=NCc1coc(-c2ccccc2)n1)NCC(=O)N1CCc2ccccc2C1. The van der Waals surface area contributed by atoms with E-state index in [0.717, 1.165) is 24.2 Å². The Morgan fingerprint density at radius 3 is 2.68 bits per heavy atom. The van der Waals surface area contributed by atoms with Crippen LogP contribution in [0.25, 0.3) is 11.5 Å². The van der Waals surface area contributed by atoms with Gasteiger partial charge in [-0.2, -0.15) is 0 Å². The molecule has 1 aliphatic rings. The smallest absolute Gasteiger partial charge is 0.242 e. The van der Waals surface area contributed by atoms with Gasteiger partial charge in [-0.3, -0.25) is 4.79 Å². The Labute approximate surface area is 182 Å². The van der Waals surface area contributed by atoms with Crippen molar-refractivity contribution in [3.8, 4) is 11.5 Å². The minimum atomic E-state index is 0.0629. The Balaban J connectivity index is 1.33. The predicted molar refractivity (Wildman–Crippen MR) is 120 cm³/mol. The summed E-state index contributed by atoms with van der Waals surface area (Å²) in [6, 6.07) is 18.1. The quantitative estimate of drug-likeness (QED) is 0.476. The molecule has 2 aromatic carbocycles. The molecule has 0 saturated heterocycles. The van der Waals surface area contributed by atoms with Crippen LogP contribution in [0.5, 0.6) is 0 Å². The van der Waals surface area contributed by atoms with Crippen LogP contribution in [0.1, 0.15) is 23.7 Å². The lowest BCUT2D eigenvalue weighted by Gasteiger charge is -2.29. The zero-order valence-electron chi connectivity index (χ0n) is 17.7. The van der Waals surface area contributed by atoms with Gasteiger partial charge in [0, 0.05) is 25.2 Å². The molecule has 0 saturated carbocycles. The minimum Gasteiger partial charge on any atom is -0.444 e. The van der Waals surface area contributed by atoms with Gasteiger partial charge in [-0.05, 0) is 36.6 Å². The van der Waals surface area contributed by atoms with Crippen molar-refractivity contribution in [1.82, 2.24) is 20.5 Å². The van der Waals surface area contributed by atoms with Gasteiger partial charge < -0.3 is 20.0 Å². The molecule has 0 spiro atoms. The molecule has 7 nitrogen and oxygen atoms in total. The molecule has 0 atom stereocenters. The summed E-state index contributed by atoms with van der Waals surface area (Å²) < 4.78 is 5.57. The number of rotatable bonds is 6. The topological polar surface area (TPSA) is 82.8 Å². The number of carbonyl (C=O) groups excluding carboxylic acids is 1. The van der Waals surface area contributed by atoms with E-state index in [4.69, 9.17) is 4.42 Å². The Hall–Kier alpha value is -3.61. The molecule has 4 rings (SSSR count). The van der Waals surface area contributed by atoms with Gasteiger partial charge in [-0.15, -0.1) is 0 Å². The third-order valence-corrected chi connectivity index (χ3v) is 5.21. The number of fused-ring (bicyclic) bond motifs is 1. The summed E-state index contributed by atoms with van der Waals surface area (Å²) in [6.45, 7) is 4.65. The molecule has 31 heavy (non-hydrogen) atoms. The van der Waals surface area contributed by atoms with Crippen molar-refractivity contribution >= 4 is 11.9 Å². The summed E-state index contributed by atoms with van der Waals surface area (Å²) in [7, 11) is 0. The Bertz CT molecular complexity index is 1040. The number of hydrogen-bond donors (Lipinski definition) is 2. The largest absolute Gasteiger partial charge is 0.444 e. The van der Waals surface area contributed by atoms with E-state index in [2.05, 4.69) is 38.8 Å². The molecule has 7 heteroatoms. The molecule has 1 amide bonds. The lowest BCUT2D eigenvalue weighted by molar-refractivity contribution is -0.130. The molecule has 2 heterocycles. The van der Waals surface area contributed by atoms with E-state index in [1.807, 2.05) is 48.2 Å². The zero-order valence-corrected chi connectivity index (χ0v) is 17.7. The molecule has 0 fully saturated rings. The predicted octanol–water partition coefficient (Wildman–Crippen LogP) is 2.98. The molecule has 160 valence electrons. The number of benzene rings is 2. The Morgan fingerprint density at radius 1 is 1.10 bits per heavy atom. The second-order valence-corrected chi connectivity index (χ2v) is 7.39. The van der Waals surface area contributed by atoms with Crippen LogP contribution in [0, 0.1) is 0 Å². The maximum absolute atomic E-state index is 12.7. The van der Waals surface area contributed by atoms with Gasteiger partial charge in [0.05, 0.1) is 13.1 Å². The van der Waals surface area contributed by atoms with Gasteiger partial charge in [-0.1, -0.05) is 42.5 Å². The van der Waals surface area contributed by atoms with Crippen LogP contribution in [0.4, 0.5) is 0 Å². The molecule has 0 radical (unpaired) electrons. The van der Waals surface area contributed by atoms with Gasteiger partial charge >= 0.3 is 0 Å². The van der Waals surface area contributed by atoms with Crippen molar-refractivity contribution in [1.29, 1.82) is 0 Å². The fourth-order valence-corrected chi connectivity index (χ4v) is 3.57. The number of carbonyl (C=O) groups is 1. The molecule has 0 aliphatic carbocycles. The molecule has 1 aliphatic heterocycles. The standard InChI is InChI=1S/C24H27N5O2/c1-2-25-24(26-14-21-17-31-23(28-21)19-9-4-3-5-10-19)27-15-22(30)29-13-12-18-8-6-7-11-20(18)16-29/h3-11,17H,2,12-16H2,1H3,(H2,25,26,27). The summed E-state index contributed by atoms with van der Waals surface area (Å²) in [5.74, 6) is 1.22. The van der Waals surface area contributed by atoms with Gasteiger partial charge in [0.1, 0.15) is 12.0 Å². The van der Waals surface area contributed by atoms with E-state index in [0.29, 0.717) is 31.5 Å². The van der Waals surface area contributed by atoms with Crippen molar-refractivity contribution in [3.63, 3.8) is 0 Å². The van der Waals surface area contributed by atoms with Crippen LogP contribution in [-0.2, 0) is 24.3 Å². The molecule has 1 aromatic heterocycles. The zero-order chi connectivity index (χ0) is 21.5. The molecule has 2 N–H and O–H groups in total. The first-order valence-corrected chi connectivity index (χ1v) is 10.6. The highest BCUT2D eigenvalue weighted by molar-refractivity contribution is 5.86. The van der Waals surface area contributed by atoms with Crippen molar-refractivity contribution < 1.29 is 9.21 Å². The van der Waals surface area contributed by atoms with E-state index in [1.54, 1.807) is 6.26 Å². The van der Waals surface area contributed by atoms with E-state index in [1.165, 1.54) is 11.1 Å². The highest BCUT2D eigenvalue weighted by Gasteiger charge is 2.20. The normalized spacial score (nSPS) is 13.6. The van der Waals surface area contributed by atoms with Gasteiger partial charge in [0.25, 0.3) is 0 Å². The van der Waals surface area contributed by atoms with E-state index in [9.17, 15) is 4.79 Å². The van der Waals surface area contributed by atoms with Crippen molar-refractivity contribution in [2.45, 2.75) is 26.4 Å². The Kier molecular flexibility index (Phi) is 6.62. The fraction of sp³-hybridized carbons (Fsp3) is 0.292. The number of nitrogens with one attached hydrogen (secondary N) is 2. The number of amides is 1. The maximum Gasteiger partial charge on any atom is 0.242 e. The average Bonchev–Trinajstić information content (AvgIpc) is 3.30. The van der Waals surface area contributed by atoms with Crippen molar-refractivity contribution in [2.24, 2.45) is 4.99 Å². The number of oxazole rings is 1. The van der Waals surface area contributed by atoms with Gasteiger partial charge in [-0.25, -0.2) is 9.98 Å². The lowest BCUT2D eigenvalue weighted by atomic mass is 10.00.